The van der Waals surface area contributed by atoms with E-state index in [0.717, 1.165) is 44.1 Å². The Kier molecular flexibility index (Phi) is 5.15. The first-order chi connectivity index (χ1) is 9.33. The highest BCUT2D eigenvalue weighted by Gasteiger charge is 2.21. The zero-order valence-corrected chi connectivity index (χ0v) is 12.4. The fraction of sp³-hybridized carbons (Fsp3) is 0.467. The molecule has 1 aliphatic rings. The monoisotopic (exact) mass is 293 g/mol. The summed E-state index contributed by atoms with van der Waals surface area (Å²) in [7, 11) is 0. The van der Waals surface area contributed by atoms with Crippen molar-refractivity contribution in [1.82, 2.24) is 15.5 Å². The summed E-state index contributed by atoms with van der Waals surface area (Å²) < 4.78 is 5.43. The van der Waals surface area contributed by atoms with Gasteiger partial charge in [-0.3, -0.25) is 0 Å². The van der Waals surface area contributed by atoms with Crippen molar-refractivity contribution in [3.8, 4) is 0 Å². The molecule has 1 fully saturated rings. The average Bonchev–Trinajstić information content (AvgIpc) is 2.91. The van der Waals surface area contributed by atoms with Crippen molar-refractivity contribution < 1.29 is 4.52 Å². The summed E-state index contributed by atoms with van der Waals surface area (Å²) in [4.78, 5) is 4.56. The van der Waals surface area contributed by atoms with Crippen molar-refractivity contribution in [2.45, 2.75) is 32.1 Å². The van der Waals surface area contributed by atoms with Crippen LogP contribution in [-0.4, -0.2) is 23.2 Å². The van der Waals surface area contributed by atoms with E-state index in [0.29, 0.717) is 5.92 Å². The van der Waals surface area contributed by atoms with Gasteiger partial charge >= 0.3 is 0 Å². The molecule has 0 atom stereocenters. The van der Waals surface area contributed by atoms with Gasteiger partial charge in [0.25, 0.3) is 0 Å². The largest absolute Gasteiger partial charge is 0.339 e. The van der Waals surface area contributed by atoms with E-state index in [9.17, 15) is 0 Å². The highest BCUT2D eigenvalue weighted by molar-refractivity contribution is 5.85. The molecule has 108 valence electrons. The molecule has 1 N–H and O–H groups in total. The number of nitrogens with one attached hydrogen (secondary N) is 1. The maximum absolute atomic E-state index is 5.43. The Morgan fingerprint density at radius 1 is 1.25 bits per heavy atom. The summed E-state index contributed by atoms with van der Waals surface area (Å²) in [6.07, 6.45) is 2.93. The number of benzene rings is 1. The first kappa shape index (κ1) is 15.0. The minimum Gasteiger partial charge on any atom is -0.339 e. The highest BCUT2D eigenvalue weighted by atomic mass is 35.5. The fourth-order valence-electron chi connectivity index (χ4n) is 2.55. The number of hydrogen-bond acceptors (Lipinski definition) is 4. The zero-order chi connectivity index (χ0) is 13.1. The maximum atomic E-state index is 5.43. The Labute approximate surface area is 125 Å². The van der Waals surface area contributed by atoms with Crippen LogP contribution in [0.5, 0.6) is 0 Å². The maximum Gasteiger partial charge on any atom is 0.229 e. The lowest BCUT2D eigenvalue weighted by Crippen LogP contribution is -2.26. The van der Waals surface area contributed by atoms with Gasteiger partial charge in [0.15, 0.2) is 5.82 Å². The Hall–Kier alpha value is -1.39. The molecule has 2 aromatic rings. The first-order valence-corrected chi connectivity index (χ1v) is 6.90. The minimum atomic E-state index is 0. The molecular formula is C15H20ClN3O. The molecule has 4 nitrogen and oxygen atoms in total. The van der Waals surface area contributed by atoms with Gasteiger partial charge < -0.3 is 9.84 Å². The van der Waals surface area contributed by atoms with Crippen molar-refractivity contribution in [3.05, 3.63) is 47.1 Å². The molecule has 1 saturated heterocycles. The topological polar surface area (TPSA) is 51.0 Å². The van der Waals surface area contributed by atoms with E-state index in [4.69, 9.17) is 4.52 Å². The molecule has 5 heteroatoms. The predicted molar refractivity (Wildman–Crippen MR) is 80.4 cm³/mol. The number of aryl methyl sites for hydroxylation is 1. The lowest BCUT2D eigenvalue weighted by molar-refractivity contribution is 0.318. The van der Waals surface area contributed by atoms with Gasteiger partial charge in [0.2, 0.25) is 5.89 Å². The van der Waals surface area contributed by atoms with Crippen LogP contribution in [0.3, 0.4) is 0 Å². The summed E-state index contributed by atoms with van der Waals surface area (Å²) in [5.74, 6) is 2.03. The van der Waals surface area contributed by atoms with Crippen LogP contribution in [0.1, 0.15) is 41.6 Å². The second-order valence-corrected chi connectivity index (χ2v) is 5.18. The van der Waals surface area contributed by atoms with Gasteiger partial charge in [0, 0.05) is 12.3 Å². The summed E-state index contributed by atoms with van der Waals surface area (Å²) in [6.45, 7) is 4.20. The van der Waals surface area contributed by atoms with Gasteiger partial charge in [-0.05, 0) is 44.0 Å². The Morgan fingerprint density at radius 2 is 2.00 bits per heavy atom. The number of piperidine rings is 1. The molecule has 0 spiro atoms. The highest BCUT2D eigenvalue weighted by Crippen LogP contribution is 2.24. The number of hydrogen-bond donors (Lipinski definition) is 1. The molecule has 0 saturated carbocycles. The third-order valence-electron chi connectivity index (χ3n) is 3.78. The molecule has 20 heavy (non-hydrogen) atoms. The third-order valence-corrected chi connectivity index (χ3v) is 3.78. The summed E-state index contributed by atoms with van der Waals surface area (Å²) in [6, 6.07) is 8.34. The van der Waals surface area contributed by atoms with Crippen molar-refractivity contribution in [1.29, 1.82) is 0 Å². The van der Waals surface area contributed by atoms with E-state index in [1.54, 1.807) is 0 Å². The third kappa shape index (κ3) is 3.38. The number of aromatic nitrogens is 2. The normalized spacial score (nSPS) is 15.8. The SMILES string of the molecule is Cc1ccccc1Cc1noc(C2CCNCC2)n1.Cl. The van der Waals surface area contributed by atoms with E-state index < -0.39 is 0 Å². The Bertz CT molecular complexity index is 550. The van der Waals surface area contributed by atoms with E-state index in [-0.39, 0.29) is 12.4 Å². The molecule has 1 aliphatic heterocycles. The van der Waals surface area contributed by atoms with Crippen LogP contribution in [0.15, 0.2) is 28.8 Å². The predicted octanol–water partition coefficient (Wildman–Crippen LogP) is 2.86. The summed E-state index contributed by atoms with van der Waals surface area (Å²) >= 11 is 0. The van der Waals surface area contributed by atoms with Crippen LogP contribution in [0.2, 0.25) is 0 Å². The molecule has 2 heterocycles. The zero-order valence-electron chi connectivity index (χ0n) is 11.6. The minimum absolute atomic E-state index is 0. The molecule has 0 radical (unpaired) electrons. The van der Waals surface area contributed by atoms with Gasteiger partial charge in [0.1, 0.15) is 0 Å². The molecular weight excluding hydrogens is 274 g/mol. The van der Waals surface area contributed by atoms with E-state index >= 15 is 0 Å². The van der Waals surface area contributed by atoms with E-state index in [1.165, 1.54) is 11.1 Å². The molecule has 0 amide bonds. The van der Waals surface area contributed by atoms with Crippen molar-refractivity contribution >= 4 is 12.4 Å². The number of nitrogens with zero attached hydrogens (tertiary/aromatic N) is 2. The second-order valence-electron chi connectivity index (χ2n) is 5.18. The van der Waals surface area contributed by atoms with Crippen molar-refractivity contribution in [2.75, 3.05) is 13.1 Å². The van der Waals surface area contributed by atoms with Gasteiger partial charge in [0.05, 0.1) is 0 Å². The smallest absolute Gasteiger partial charge is 0.229 e. The average molecular weight is 294 g/mol. The first-order valence-electron chi connectivity index (χ1n) is 6.90. The summed E-state index contributed by atoms with van der Waals surface area (Å²) in [5, 5.41) is 7.47. The number of rotatable bonds is 3. The lowest BCUT2D eigenvalue weighted by atomic mass is 9.98. The Balaban J connectivity index is 0.00000147. The van der Waals surface area contributed by atoms with Gasteiger partial charge in [-0.15, -0.1) is 12.4 Å². The van der Waals surface area contributed by atoms with Gasteiger partial charge in [-0.2, -0.15) is 4.98 Å². The Morgan fingerprint density at radius 3 is 2.75 bits per heavy atom. The van der Waals surface area contributed by atoms with Crippen LogP contribution in [0.25, 0.3) is 0 Å². The number of halogens is 1. The van der Waals surface area contributed by atoms with Crippen LogP contribution in [0.4, 0.5) is 0 Å². The van der Waals surface area contributed by atoms with Crippen molar-refractivity contribution in [3.63, 3.8) is 0 Å². The molecule has 1 aromatic carbocycles. The quantitative estimate of drug-likeness (QED) is 0.945. The van der Waals surface area contributed by atoms with Crippen LogP contribution >= 0.6 is 12.4 Å². The lowest BCUT2D eigenvalue weighted by Gasteiger charge is -2.18. The van der Waals surface area contributed by atoms with Gasteiger partial charge in [-0.25, -0.2) is 0 Å². The van der Waals surface area contributed by atoms with Gasteiger partial charge in [-0.1, -0.05) is 29.4 Å². The van der Waals surface area contributed by atoms with E-state index in [2.05, 4.69) is 46.6 Å². The summed E-state index contributed by atoms with van der Waals surface area (Å²) in [5.41, 5.74) is 2.54. The second kappa shape index (κ2) is 6.86. The van der Waals surface area contributed by atoms with Crippen LogP contribution in [-0.2, 0) is 6.42 Å². The molecule has 0 unspecified atom stereocenters. The van der Waals surface area contributed by atoms with Crippen molar-refractivity contribution in [2.24, 2.45) is 0 Å². The molecule has 1 aromatic heterocycles. The standard InChI is InChI=1S/C15H19N3O.ClH/c1-11-4-2-3-5-13(11)10-14-17-15(19-18-14)12-6-8-16-9-7-12;/h2-5,12,16H,6-10H2,1H3;1H. The van der Waals surface area contributed by atoms with Crippen LogP contribution in [0, 0.1) is 6.92 Å². The van der Waals surface area contributed by atoms with Crippen LogP contribution < -0.4 is 5.32 Å². The molecule has 0 aliphatic carbocycles. The van der Waals surface area contributed by atoms with E-state index in [1.807, 2.05) is 0 Å². The molecule has 0 bridgehead atoms. The fourth-order valence-corrected chi connectivity index (χ4v) is 2.55. The molecule has 3 rings (SSSR count).